The molecule has 14 heavy (non-hydrogen) atoms. The SMILES string of the molecule is C#CC1=C(C)/C(=N/NC(N)=O)CCC1. The Morgan fingerprint density at radius 1 is 1.64 bits per heavy atom. The Balaban J connectivity index is 2.85. The maximum absolute atomic E-state index is 10.4. The van der Waals surface area contributed by atoms with E-state index in [1.54, 1.807) is 0 Å². The van der Waals surface area contributed by atoms with Gasteiger partial charge >= 0.3 is 6.03 Å². The lowest BCUT2D eigenvalue weighted by molar-refractivity contribution is 0.249. The molecule has 4 nitrogen and oxygen atoms in total. The van der Waals surface area contributed by atoms with Gasteiger partial charge in [-0.3, -0.25) is 0 Å². The van der Waals surface area contributed by atoms with Crippen LogP contribution in [0.4, 0.5) is 4.79 Å². The summed E-state index contributed by atoms with van der Waals surface area (Å²) in [5, 5.41) is 3.90. The van der Waals surface area contributed by atoms with E-state index in [2.05, 4.69) is 16.4 Å². The molecule has 0 aliphatic heterocycles. The number of nitrogens with one attached hydrogen (secondary N) is 1. The summed E-state index contributed by atoms with van der Waals surface area (Å²) in [5.41, 5.74) is 9.88. The lowest BCUT2D eigenvalue weighted by Crippen LogP contribution is -2.26. The number of urea groups is 1. The first-order valence-electron chi connectivity index (χ1n) is 4.44. The summed E-state index contributed by atoms with van der Waals surface area (Å²) in [6.45, 7) is 1.91. The van der Waals surface area contributed by atoms with Crippen molar-refractivity contribution in [3.05, 3.63) is 11.1 Å². The Hall–Kier alpha value is -1.76. The van der Waals surface area contributed by atoms with Gasteiger partial charge in [0.2, 0.25) is 0 Å². The second-order valence-corrected chi connectivity index (χ2v) is 3.14. The molecule has 0 aromatic heterocycles. The average Bonchev–Trinajstić information content (AvgIpc) is 2.16. The molecule has 1 rings (SSSR count). The van der Waals surface area contributed by atoms with Crippen molar-refractivity contribution < 1.29 is 4.79 Å². The number of hydrogen-bond acceptors (Lipinski definition) is 2. The molecule has 0 spiro atoms. The molecule has 0 unspecified atom stereocenters. The molecule has 0 radical (unpaired) electrons. The van der Waals surface area contributed by atoms with Crippen molar-refractivity contribution in [3.63, 3.8) is 0 Å². The van der Waals surface area contributed by atoms with E-state index in [4.69, 9.17) is 12.2 Å². The zero-order chi connectivity index (χ0) is 10.6. The smallest absolute Gasteiger partial charge is 0.332 e. The molecule has 0 aromatic rings. The van der Waals surface area contributed by atoms with Gasteiger partial charge < -0.3 is 5.73 Å². The van der Waals surface area contributed by atoms with E-state index in [9.17, 15) is 4.79 Å². The van der Waals surface area contributed by atoms with Gasteiger partial charge in [-0.25, -0.2) is 10.2 Å². The molecular weight excluding hydrogens is 178 g/mol. The van der Waals surface area contributed by atoms with E-state index >= 15 is 0 Å². The fraction of sp³-hybridized carbons (Fsp3) is 0.400. The molecule has 0 fully saturated rings. The number of amides is 2. The summed E-state index contributed by atoms with van der Waals surface area (Å²) in [6.07, 6.45) is 8.05. The first kappa shape index (κ1) is 10.3. The van der Waals surface area contributed by atoms with Gasteiger partial charge in [-0.15, -0.1) is 6.42 Å². The van der Waals surface area contributed by atoms with Gasteiger partial charge in [0, 0.05) is 5.57 Å². The number of nitrogens with zero attached hydrogens (tertiary/aromatic N) is 1. The summed E-state index contributed by atoms with van der Waals surface area (Å²) in [7, 11) is 0. The minimum Gasteiger partial charge on any atom is -0.350 e. The molecule has 0 aromatic carbocycles. The molecular formula is C10H13N3O. The Kier molecular flexibility index (Phi) is 3.29. The number of terminal acetylenes is 1. The highest BCUT2D eigenvalue weighted by Crippen LogP contribution is 2.21. The van der Waals surface area contributed by atoms with Crippen molar-refractivity contribution in [1.82, 2.24) is 5.43 Å². The highest BCUT2D eigenvalue weighted by molar-refractivity contribution is 6.02. The monoisotopic (exact) mass is 191 g/mol. The standard InChI is InChI=1S/C10H13N3O/c1-3-8-5-4-6-9(7(8)2)12-13-10(11)14/h1H,4-6H2,2H3,(H3,11,13,14)/b12-9+. The Labute approximate surface area is 83.2 Å². The quantitative estimate of drug-likeness (QED) is 0.473. The van der Waals surface area contributed by atoms with Crippen molar-refractivity contribution >= 4 is 11.7 Å². The van der Waals surface area contributed by atoms with Crippen LogP contribution in [0.15, 0.2) is 16.2 Å². The third-order valence-corrected chi connectivity index (χ3v) is 2.20. The van der Waals surface area contributed by atoms with Crippen molar-refractivity contribution in [3.8, 4) is 12.3 Å². The van der Waals surface area contributed by atoms with Gasteiger partial charge in [-0.1, -0.05) is 5.92 Å². The minimum absolute atomic E-state index is 0.655. The number of rotatable bonds is 1. The van der Waals surface area contributed by atoms with Crippen LogP contribution in [0, 0.1) is 12.3 Å². The van der Waals surface area contributed by atoms with E-state index in [1.165, 1.54) is 0 Å². The number of carbonyl (C=O) groups is 1. The zero-order valence-corrected chi connectivity index (χ0v) is 8.13. The number of nitrogens with two attached hydrogens (primary N) is 1. The third kappa shape index (κ3) is 2.36. The molecule has 0 bridgehead atoms. The van der Waals surface area contributed by atoms with E-state index in [0.29, 0.717) is 0 Å². The highest BCUT2D eigenvalue weighted by atomic mass is 16.2. The summed E-state index contributed by atoms with van der Waals surface area (Å²) >= 11 is 0. The van der Waals surface area contributed by atoms with E-state index < -0.39 is 6.03 Å². The minimum atomic E-state index is -0.655. The van der Waals surface area contributed by atoms with E-state index in [0.717, 1.165) is 36.1 Å². The summed E-state index contributed by atoms with van der Waals surface area (Å²) in [4.78, 5) is 10.4. The summed E-state index contributed by atoms with van der Waals surface area (Å²) in [5.74, 6) is 2.63. The normalized spacial score (nSPS) is 19.3. The maximum Gasteiger partial charge on any atom is 0.332 e. The van der Waals surface area contributed by atoms with Crippen LogP contribution < -0.4 is 11.2 Å². The van der Waals surface area contributed by atoms with Crippen LogP contribution in [-0.4, -0.2) is 11.7 Å². The van der Waals surface area contributed by atoms with Crippen molar-refractivity contribution in [1.29, 1.82) is 0 Å². The predicted molar refractivity (Wildman–Crippen MR) is 55.5 cm³/mol. The lowest BCUT2D eigenvalue weighted by Gasteiger charge is -2.15. The van der Waals surface area contributed by atoms with Gasteiger partial charge in [0.15, 0.2) is 0 Å². The summed E-state index contributed by atoms with van der Waals surface area (Å²) < 4.78 is 0. The second-order valence-electron chi connectivity index (χ2n) is 3.14. The fourth-order valence-electron chi connectivity index (χ4n) is 1.42. The molecule has 3 N–H and O–H groups in total. The third-order valence-electron chi connectivity index (χ3n) is 2.20. The van der Waals surface area contributed by atoms with Gasteiger partial charge in [-0.2, -0.15) is 5.10 Å². The Morgan fingerprint density at radius 2 is 2.36 bits per heavy atom. The van der Waals surface area contributed by atoms with Gasteiger partial charge in [-0.05, 0) is 31.8 Å². The Morgan fingerprint density at radius 3 is 2.93 bits per heavy atom. The maximum atomic E-state index is 10.4. The number of allylic oxidation sites excluding steroid dienone is 2. The van der Waals surface area contributed by atoms with Crippen LogP contribution in [0.25, 0.3) is 0 Å². The van der Waals surface area contributed by atoms with Gasteiger partial charge in [0.25, 0.3) is 0 Å². The van der Waals surface area contributed by atoms with Crippen LogP contribution in [0.2, 0.25) is 0 Å². The van der Waals surface area contributed by atoms with Crippen molar-refractivity contribution in [2.45, 2.75) is 26.2 Å². The summed E-state index contributed by atoms with van der Waals surface area (Å²) in [6, 6.07) is -0.655. The molecule has 4 heteroatoms. The van der Waals surface area contributed by atoms with Crippen molar-refractivity contribution in [2.24, 2.45) is 10.8 Å². The predicted octanol–water partition coefficient (Wildman–Crippen LogP) is 1.14. The zero-order valence-electron chi connectivity index (χ0n) is 8.13. The average molecular weight is 191 g/mol. The van der Waals surface area contributed by atoms with Gasteiger partial charge in [0.05, 0.1) is 5.71 Å². The number of hydrazone groups is 1. The van der Waals surface area contributed by atoms with E-state index in [1.807, 2.05) is 6.92 Å². The van der Waals surface area contributed by atoms with Crippen molar-refractivity contribution in [2.75, 3.05) is 0 Å². The molecule has 0 saturated heterocycles. The topological polar surface area (TPSA) is 67.5 Å². The van der Waals surface area contributed by atoms with Crippen LogP contribution in [0.3, 0.4) is 0 Å². The lowest BCUT2D eigenvalue weighted by atomic mass is 9.91. The first-order valence-corrected chi connectivity index (χ1v) is 4.44. The van der Waals surface area contributed by atoms with Crippen LogP contribution in [0.1, 0.15) is 26.2 Å². The number of hydrogen-bond donors (Lipinski definition) is 2. The number of carbonyl (C=O) groups excluding carboxylic acids is 1. The molecule has 74 valence electrons. The van der Waals surface area contributed by atoms with Gasteiger partial charge in [0.1, 0.15) is 0 Å². The molecule has 1 aliphatic rings. The second kappa shape index (κ2) is 4.47. The Bertz CT molecular complexity index is 347. The molecule has 0 atom stereocenters. The molecule has 0 saturated carbocycles. The molecule has 1 aliphatic carbocycles. The van der Waals surface area contributed by atoms with Crippen LogP contribution in [-0.2, 0) is 0 Å². The largest absolute Gasteiger partial charge is 0.350 e. The molecule has 2 amide bonds. The number of primary amides is 1. The first-order chi connectivity index (χ1) is 6.65. The van der Waals surface area contributed by atoms with Crippen LogP contribution >= 0.6 is 0 Å². The van der Waals surface area contributed by atoms with Crippen LogP contribution in [0.5, 0.6) is 0 Å². The molecule has 0 heterocycles. The van der Waals surface area contributed by atoms with E-state index in [-0.39, 0.29) is 0 Å². The highest BCUT2D eigenvalue weighted by Gasteiger charge is 2.13. The fourth-order valence-corrected chi connectivity index (χ4v) is 1.42.